The second-order valence-corrected chi connectivity index (χ2v) is 5.57. The van der Waals surface area contributed by atoms with E-state index in [4.69, 9.17) is 9.47 Å². The highest BCUT2D eigenvalue weighted by Crippen LogP contribution is 2.34. The maximum absolute atomic E-state index is 12.1. The smallest absolute Gasteiger partial charge is 0.319 e. The molecule has 0 unspecified atom stereocenters. The number of Topliss-reactive ketones (excluding diaryl/α,β-unsaturated/α-hetero) is 1. The third-order valence-electron chi connectivity index (χ3n) is 3.79. The molecule has 2 aromatic rings. The monoisotopic (exact) mass is 326 g/mol. The largest absolute Gasteiger partial charge is 0.454 e. The minimum Gasteiger partial charge on any atom is -0.454 e. The molecule has 0 saturated carbocycles. The van der Waals surface area contributed by atoms with Gasteiger partial charge in [-0.3, -0.25) is 4.79 Å². The van der Waals surface area contributed by atoms with Crippen LogP contribution >= 0.6 is 0 Å². The SMILES string of the molecule is CC(=O)c1ccc(NC(=O)N[C@H](C)c2ccc3c(c2)OCO3)cc1. The third kappa shape index (κ3) is 3.48. The van der Waals surface area contributed by atoms with Crippen LogP contribution in [0, 0.1) is 0 Å². The summed E-state index contributed by atoms with van der Waals surface area (Å²) in [6, 6.07) is 11.8. The lowest BCUT2D eigenvalue weighted by atomic mass is 10.1. The van der Waals surface area contributed by atoms with Crippen molar-refractivity contribution in [2.24, 2.45) is 0 Å². The van der Waals surface area contributed by atoms with Crippen molar-refractivity contribution in [2.45, 2.75) is 19.9 Å². The van der Waals surface area contributed by atoms with Gasteiger partial charge in [-0.25, -0.2) is 4.79 Å². The lowest BCUT2D eigenvalue weighted by Gasteiger charge is -2.15. The molecule has 124 valence electrons. The summed E-state index contributed by atoms with van der Waals surface area (Å²) in [5, 5.41) is 5.60. The maximum Gasteiger partial charge on any atom is 0.319 e. The standard InChI is InChI=1S/C18H18N2O4/c1-11(14-5-8-16-17(9-14)24-10-23-16)19-18(22)20-15-6-3-13(4-7-15)12(2)21/h3-9,11H,10H2,1-2H3,(H2,19,20,22)/t11-/m1/s1. The van der Waals surface area contributed by atoms with Crippen molar-refractivity contribution in [3.8, 4) is 11.5 Å². The van der Waals surface area contributed by atoms with Crippen molar-refractivity contribution in [3.63, 3.8) is 0 Å². The number of fused-ring (bicyclic) bond motifs is 1. The van der Waals surface area contributed by atoms with Crippen LogP contribution in [0.5, 0.6) is 11.5 Å². The van der Waals surface area contributed by atoms with Crippen molar-refractivity contribution < 1.29 is 19.1 Å². The first-order chi connectivity index (χ1) is 11.5. The first kappa shape index (κ1) is 15.9. The Morgan fingerprint density at radius 1 is 1.04 bits per heavy atom. The maximum atomic E-state index is 12.1. The lowest BCUT2D eigenvalue weighted by molar-refractivity contribution is 0.101. The fourth-order valence-corrected chi connectivity index (χ4v) is 2.42. The molecule has 0 bridgehead atoms. The molecule has 1 heterocycles. The number of anilines is 1. The number of carbonyl (C=O) groups excluding carboxylic acids is 2. The first-order valence-electron chi connectivity index (χ1n) is 7.61. The molecule has 2 aromatic carbocycles. The number of ether oxygens (including phenoxy) is 2. The molecule has 1 aliphatic rings. The van der Waals surface area contributed by atoms with Gasteiger partial charge < -0.3 is 20.1 Å². The van der Waals surface area contributed by atoms with E-state index in [2.05, 4.69) is 10.6 Å². The van der Waals surface area contributed by atoms with Crippen LogP contribution in [0.3, 0.4) is 0 Å². The van der Waals surface area contributed by atoms with Crippen molar-refractivity contribution in [1.29, 1.82) is 0 Å². The molecule has 6 heteroatoms. The van der Waals surface area contributed by atoms with Crippen LogP contribution in [0.1, 0.15) is 35.8 Å². The minimum atomic E-state index is -0.323. The van der Waals surface area contributed by atoms with E-state index in [9.17, 15) is 9.59 Å². The Morgan fingerprint density at radius 3 is 2.46 bits per heavy atom. The number of urea groups is 1. The molecule has 0 fully saturated rings. The summed E-state index contributed by atoms with van der Waals surface area (Å²) < 4.78 is 10.6. The highest BCUT2D eigenvalue weighted by atomic mass is 16.7. The van der Waals surface area contributed by atoms with Crippen LogP contribution in [0.2, 0.25) is 0 Å². The van der Waals surface area contributed by atoms with Crippen molar-refractivity contribution in [3.05, 3.63) is 53.6 Å². The average Bonchev–Trinajstić information content (AvgIpc) is 3.02. The molecule has 0 saturated heterocycles. The highest BCUT2D eigenvalue weighted by molar-refractivity contribution is 5.95. The Bertz CT molecular complexity index is 771. The molecule has 0 radical (unpaired) electrons. The molecule has 0 aliphatic carbocycles. The summed E-state index contributed by atoms with van der Waals surface area (Å²) >= 11 is 0. The summed E-state index contributed by atoms with van der Waals surface area (Å²) in [4.78, 5) is 23.3. The molecular weight excluding hydrogens is 308 g/mol. The number of rotatable bonds is 4. The summed E-state index contributed by atoms with van der Waals surface area (Å²) in [5.41, 5.74) is 2.14. The summed E-state index contributed by atoms with van der Waals surface area (Å²) in [6.45, 7) is 3.61. The van der Waals surface area contributed by atoms with Gasteiger partial charge in [0.15, 0.2) is 17.3 Å². The molecule has 6 nitrogen and oxygen atoms in total. The number of amides is 2. The predicted octanol–water partition coefficient (Wildman–Crippen LogP) is 3.50. The molecular formula is C18H18N2O4. The number of hydrogen-bond donors (Lipinski definition) is 2. The highest BCUT2D eigenvalue weighted by Gasteiger charge is 2.16. The second-order valence-electron chi connectivity index (χ2n) is 5.57. The van der Waals surface area contributed by atoms with Gasteiger partial charge in [-0.15, -0.1) is 0 Å². The zero-order chi connectivity index (χ0) is 17.1. The Labute approximate surface area is 139 Å². The van der Waals surface area contributed by atoms with E-state index in [0.717, 1.165) is 5.56 Å². The average molecular weight is 326 g/mol. The molecule has 1 atom stereocenters. The van der Waals surface area contributed by atoms with E-state index >= 15 is 0 Å². The zero-order valence-electron chi connectivity index (χ0n) is 13.5. The molecule has 0 aromatic heterocycles. The van der Waals surface area contributed by atoms with E-state index in [1.54, 1.807) is 24.3 Å². The second kappa shape index (κ2) is 6.62. The number of benzene rings is 2. The van der Waals surface area contributed by atoms with Crippen LogP contribution in [0.15, 0.2) is 42.5 Å². The predicted molar refractivity (Wildman–Crippen MR) is 89.6 cm³/mol. The number of nitrogens with one attached hydrogen (secondary N) is 2. The molecule has 24 heavy (non-hydrogen) atoms. The Hall–Kier alpha value is -3.02. The Morgan fingerprint density at radius 2 is 1.75 bits per heavy atom. The number of hydrogen-bond acceptors (Lipinski definition) is 4. The lowest BCUT2D eigenvalue weighted by Crippen LogP contribution is -2.31. The van der Waals surface area contributed by atoms with Gasteiger partial charge in [0.25, 0.3) is 0 Å². The first-order valence-corrected chi connectivity index (χ1v) is 7.61. The van der Waals surface area contributed by atoms with Crippen LogP contribution in [0.4, 0.5) is 10.5 Å². The Balaban J connectivity index is 1.60. The van der Waals surface area contributed by atoms with Crippen molar-refractivity contribution in [2.75, 3.05) is 12.1 Å². The Kier molecular flexibility index (Phi) is 4.37. The van der Waals surface area contributed by atoms with Gasteiger partial charge in [-0.1, -0.05) is 6.07 Å². The number of carbonyl (C=O) groups is 2. The van der Waals surface area contributed by atoms with Crippen LogP contribution < -0.4 is 20.1 Å². The van der Waals surface area contributed by atoms with Gasteiger partial charge in [0, 0.05) is 11.3 Å². The van der Waals surface area contributed by atoms with Gasteiger partial charge in [0.05, 0.1) is 6.04 Å². The number of ketones is 1. The van der Waals surface area contributed by atoms with E-state index in [-0.39, 0.29) is 24.6 Å². The fraction of sp³-hybridized carbons (Fsp3) is 0.222. The quantitative estimate of drug-likeness (QED) is 0.843. The van der Waals surface area contributed by atoms with Gasteiger partial charge in [0.2, 0.25) is 6.79 Å². The summed E-state index contributed by atoms with van der Waals surface area (Å²) in [6.07, 6.45) is 0. The molecule has 0 spiro atoms. The van der Waals surface area contributed by atoms with Crippen molar-refractivity contribution in [1.82, 2.24) is 5.32 Å². The van der Waals surface area contributed by atoms with E-state index < -0.39 is 0 Å². The van der Waals surface area contributed by atoms with Gasteiger partial charge in [0.1, 0.15) is 0 Å². The van der Waals surface area contributed by atoms with Gasteiger partial charge >= 0.3 is 6.03 Å². The van der Waals surface area contributed by atoms with Gasteiger partial charge in [-0.2, -0.15) is 0 Å². The van der Waals surface area contributed by atoms with Crippen LogP contribution in [0.25, 0.3) is 0 Å². The third-order valence-corrected chi connectivity index (χ3v) is 3.79. The minimum absolute atomic E-state index is 0.0116. The molecule has 3 rings (SSSR count). The van der Waals surface area contributed by atoms with Crippen LogP contribution in [-0.2, 0) is 0 Å². The zero-order valence-corrected chi connectivity index (χ0v) is 13.5. The van der Waals surface area contributed by atoms with E-state index in [0.29, 0.717) is 22.7 Å². The van der Waals surface area contributed by atoms with Gasteiger partial charge in [-0.05, 0) is 55.8 Å². The van der Waals surface area contributed by atoms with Crippen molar-refractivity contribution >= 4 is 17.5 Å². The molecule has 1 aliphatic heterocycles. The topological polar surface area (TPSA) is 76.7 Å². The normalized spacial score (nSPS) is 13.2. The van der Waals surface area contributed by atoms with Crippen LogP contribution in [-0.4, -0.2) is 18.6 Å². The molecule has 2 amide bonds. The van der Waals surface area contributed by atoms with E-state index in [1.807, 2.05) is 25.1 Å². The summed E-state index contributed by atoms with van der Waals surface area (Å²) in [7, 11) is 0. The summed E-state index contributed by atoms with van der Waals surface area (Å²) in [5.74, 6) is 1.38. The fourth-order valence-electron chi connectivity index (χ4n) is 2.42. The van der Waals surface area contributed by atoms with E-state index in [1.165, 1.54) is 6.92 Å². The molecule has 2 N–H and O–H groups in total.